The van der Waals surface area contributed by atoms with Crippen LogP contribution in [0.15, 0.2) is 72.8 Å². The van der Waals surface area contributed by atoms with Crippen molar-refractivity contribution in [1.29, 1.82) is 0 Å². The summed E-state index contributed by atoms with van der Waals surface area (Å²) in [5.41, 5.74) is 4.26. The number of rotatable bonds is 4. The van der Waals surface area contributed by atoms with Crippen molar-refractivity contribution in [3.05, 3.63) is 83.9 Å². The van der Waals surface area contributed by atoms with Gasteiger partial charge in [-0.1, -0.05) is 67.2 Å². The molecule has 0 heterocycles. The third kappa shape index (κ3) is 2.99. The second kappa shape index (κ2) is 6.72. The van der Waals surface area contributed by atoms with Gasteiger partial charge in [-0.25, -0.2) is 9.59 Å². The molecule has 1 unspecified atom stereocenters. The fourth-order valence-corrected chi connectivity index (χ4v) is 3.49. The minimum atomic E-state index is -0.608. The third-order valence-corrected chi connectivity index (χ3v) is 4.67. The van der Waals surface area contributed by atoms with Crippen molar-refractivity contribution >= 4 is 22.7 Å². The second-order valence-electron chi connectivity index (χ2n) is 6.56. The molecule has 1 aliphatic carbocycles. The Kier molecular flexibility index (Phi) is 4.24. The van der Waals surface area contributed by atoms with Crippen LogP contribution in [0.1, 0.15) is 24.2 Å². The summed E-state index contributed by atoms with van der Waals surface area (Å²) in [5.74, 6) is -1.20. The summed E-state index contributed by atoms with van der Waals surface area (Å²) >= 11 is 0. The van der Waals surface area contributed by atoms with E-state index in [0.717, 1.165) is 33.0 Å². The second-order valence-corrected chi connectivity index (χ2v) is 6.56. The van der Waals surface area contributed by atoms with Crippen molar-refractivity contribution in [2.75, 3.05) is 6.61 Å². The van der Waals surface area contributed by atoms with Crippen LogP contribution in [0.3, 0.4) is 0 Å². The quantitative estimate of drug-likeness (QED) is 0.506. The molecule has 3 aromatic carbocycles. The lowest BCUT2D eigenvalue weighted by molar-refractivity contribution is -0.159. The van der Waals surface area contributed by atoms with Crippen LogP contribution in [0.25, 0.3) is 21.9 Å². The predicted molar refractivity (Wildman–Crippen MR) is 103 cm³/mol. The Balaban J connectivity index is 1.73. The molecule has 3 aromatic rings. The SMILES string of the molecule is C=C(C)C(=O)OCC(=O)OC1c2ccccc2-c2cccc3cccc1c23. The van der Waals surface area contributed by atoms with Gasteiger partial charge in [0.1, 0.15) is 0 Å². The van der Waals surface area contributed by atoms with E-state index in [-0.39, 0.29) is 5.57 Å². The van der Waals surface area contributed by atoms with Gasteiger partial charge in [-0.05, 0) is 28.8 Å². The summed E-state index contributed by atoms with van der Waals surface area (Å²) in [6, 6.07) is 20.0. The first-order valence-corrected chi connectivity index (χ1v) is 8.69. The van der Waals surface area contributed by atoms with Crippen molar-refractivity contribution in [3.63, 3.8) is 0 Å². The number of fused-ring (bicyclic) bond motifs is 2. The van der Waals surface area contributed by atoms with Crippen molar-refractivity contribution < 1.29 is 19.1 Å². The molecule has 0 aromatic heterocycles. The van der Waals surface area contributed by atoms with Crippen LogP contribution < -0.4 is 0 Å². The molecule has 0 N–H and O–H groups in total. The number of carbonyl (C=O) groups excluding carboxylic acids is 2. The molecule has 0 fully saturated rings. The topological polar surface area (TPSA) is 52.6 Å². The van der Waals surface area contributed by atoms with Crippen LogP contribution in [-0.4, -0.2) is 18.5 Å². The molecular weight excluding hydrogens is 340 g/mol. The van der Waals surface area contributed by atoms with E-state index < -0.39 is 24.6 Å². The molecule has 0 radical (unpaired) electrons. The third-order valence-electron chi connectivity index (χ3n) is 4.67. The van der Waals surface area contributed by atoms with Gasteiger partial charge >= 0.3 is 11.9 Å². The highest BCUT2D eigenvalue weighted by atomic mass is 16.6. The lowest BCUT2D eigenvalue weighted by atomic mass is 9.82. The van der Waals surface area contributed by atoms with E-state index in [2.05, 4.69) is 12.6 Å². The van der Waals surface area contributed by atoms with Crippen LogP contribution in [0, 0.1) is 0 Å². The maximum Gasteiger partial charge on any atom is 0.345 e. The fraction of sp³-hybridized carbons (Fsp3) is 0.130. The van der Waals surface area contributed by atoms with E-state index >= 15 is 0 Å². The Morgan fingerprint density at radius 2 is 1.59 bits per heavy atom. The minimum absolute atomic E-state index is 0.240. The van der Waals surface area contributed by atoms with Gasteiger partial charge in [-0.2, -0.15) is 0 Å². The lowest BCUT2D eigenvalue weighted by Crippen LogP contribution is -2.21. The van der Waals surface area contributed by atoms with Crippen LogP contribution in [0.5, 0.6) is 0 Å². The van der Waals surface area contributed by atoms with Crippen molar-refractivity contribution in [2.24, 2.45) is 0 Å². The fourth-order valence-electron chi connectivity index (χ4n) is 3.49. The molecule has 0 bridgehead atoms. The average Bonchev–Trinajstić information content (AvgIpc) is 2.69. The molecule has 4 rings (SSSR count). The van der Waals surface area contributed by atoms with Crippen molar-refractivity contribution in [3.8, 4) is 11.1 Å². The number of esters is 2. The summed E-state index contributed by atoms with van der Waals surface area (Å²) in [4.78, 5) is 23.9. The maximum absolute atomic E-state index is 12.4. The van der Waals surface area contributed by atoms with Crippen molar-refractivity contribution in [2.45, 2.75) is 13.0 Å². The Morgan fingerprint density at radius 3 is 2.37 bits per heavy atom. The van der Waals surface area contributed by atoms with Gasteiger partial charge in [-0.3, -0.25) is 0 Å². The van der Waals surface area contributed by atoms with Gasteiger partial charge in [-0.15, -0.1) is 0 Å². The van der Waals surface area contributed by atoms with Gasteiger partial charge < -0.3 is 9.47 Å². The number of hydrogen-bond donors (Lipinski definition) is 0. The highest BCUT2D eigenvalue weighted by Crippen LogP contribution is 2.45. The van der Waals surface area contributed by atoms with E-state index in [0.29, 0.717) is 0 Å². The number of ether oxygens (including phenoxy) is 2. The van der Waals surface area contributed by atoms with E-state index in [1.54, 1.807) is 0 Å². The highest BCUT2D eigenvalue weighted by Gasteiger charge is 2.29. The molecule has 0 aliphatic heterocycles. The normalized spacial score (nSPS) is 14.3. The van der Waals surface area contributed by atoms with Gasteiger partial charge in [0.15, 0.2) is 12.7 Å². The Morgan fingerprint density at radius 1 is 0.926 bits per heavy atom. The van der Waals surface area contributed by atoms with Gasteiger partial charge in [0.2, 0.25) is 0 Å². The van der Waals surface area contributed by atoms with E-state index in [1.807, 2.05) is 54.6 Å². The minimum Gasteiger partial charge on any atom is -0.450 e. The maximum atomic E-state index is 12.4. The molecule has 0 saturated carbocycles. The Hall–Kier alpha value is -3.40. The molecule has 134 valence electrons. The molecular formula is C23H18O4. The smallest absolute Gasteiger partial charge is 0.345 e. The number of hydrogen-bond acceptors (Lipinski definition) is 4. The zero-order valence-electron chi connectivity index (χ0n) is 14.9. The first-order valence-electron chi connectivity index (χ1n) is 8.69. The highest BCUT2D eigenvalue weighted by molar-refractivity contribution is 6.02. The average molecular weight is 358 g/mol. The summed E-state index contributed by atoms with van der Waals surface area (Å²) in [6.07, 6.45) is -0.546. The zero-order valence-corrected chi connectivity index (χ0v) is 14.9. The first-order chi connectivity index (χ1) is 13.1. The van der Waals surface area contributed by atoms with E-state index in [1.165, 1.54) is 6.92 Å². The molecule has 4 heteroatoms. The van der Waals surface area contributed by atoms with E-state index in [9.17, 15) is 9.59 Å². The van der Waals surface area contributed by atoms with Gasteiger partial charge in [0.25, 0.3) is 0 Å². The zero-order chi connectivity index (χ0) is 19.0. The number of benzene rings is 3. The molecule has 1 aliphatic rings. The van der Waals surface area contributed by atoms with Gasteiger partial charge in [0.05, 0.1) is 0 Å². The predicted octanol–water partition coefficient (Wildman–Crippen LogP) is 4.57. The molecule has 4 nitrogen and oxygen atoms in total. The summed E-state index contributed by atoms with van der Waals surface area (Å²) in [5, 5.41) is 2.17. The molecule has 27 heavy (non-hydrogen) atoms. The van der Waals surface area contributed by atoms with Crippen LogP contribution in [0.2, 0.25) is 0 Å². The summed E-state index contributed by atoms with van der Waals surface area (Å²) < 4.78 is 10.7. The Labute approximate surface area is 157 Å². The summed E-state index contributed by atoms with van der Waals surface area (Å²) in [7, 11) is 0. The molecule has 0 amide bonds. The first kappa shape index (κ1) is 17.0. The number of carbonyl (C=O) groups is 2. The largest absolute Gasteiger partial charge is 0.450 e. The van der Waals surface area contributed by atoms with Crippen LogP contribution in [-0.2, 0) is 19.1 Å². The Bertz CT molecular complexity index is 1080. The lowest BCUT2D eigenvalue weighted by Gasteiger charge is -2.28. The molecule has 1 atom stereocenters. The monoisotopic (exact) mass is 358 g/mol. The molecule has 0 saturated heterocycles. The van der Waals surface area contributed by atoms with Gasteiger partial charge in [0, 0.05) is 16.7 Å². The summed E-state index contributed by atoms with van der Waals surface area (Å²) in [6.45, 7) is 4.59. The molecule has 0 spiro atoms. The van der Waals surface area contributed by atoms with Crippen molar-refractivity contribution in [1.82, 2.24) is 0 Å². The van der Waals surface area contributed by atoms with Crippen LogP contribution in [0.4, 0.5) is 0 Å². The van der Waals surface area contributed by atoms with E-state index in [4.69, 9.17) is 9.47 Å². The standard InChI is InChI=1S/C23H18O4/c1-14(2)23(25)26-13-20(24)27-22-18-10-4-3-9-16(18)17-11-5-7-15-8-6-12-19(22)21(15)17/h3-12,22H,1,13H2,2H3. The van der Waals surface area contributed by atoms with Crippen LogP contribution >= 0.6 is 0 Å².